The van der Waals surface area contributed by atoms with Crippen molar-refractivity contribution in [2.45, 2.75) is 39.2 Å². The smallest absolute Gasteiger partial charge is 0.254 e. The first-order valence-electron chi connectivity index (χ1n) is 6.51. The average Bonchev–Trinajstić information content (AvgIpc) is 2.84. The minimum Gasteiger partial charge on any atom is -0.376 e. The lowest BCUT2D eigenvalue weighted by molar-refractivity contribution is -0.121. The summed E-state index contributed by atoms with van der Waals surface area (Å²) in [6, 6.07) is 0. The van der Waals surface area contributed by atoms with Gasteiger partial charge in [-0.15, -0.1) is 0 Å². The van der Waals surface area contributed by atoms with Crippen molar-refractivity contribution < 1.29 is 9.53 Å². The van der Waals surface area contributed by atoms with E-state index in [1.165, 1.54) is 0 Å². The number of H-pyrrole nitrogens is 1. The number of ether oxygens (including phenoxy) is 1. The van der Waals surface area contributed by atoms with Gasteiger partial charge in [0.1, 0.15) is 5.82 Å². The van der Waals surface area contributed by atoms with E-state index in [9.17, 15) is 9.59 Å². The van der Waals surface area contributed by atoms with Crippen LogP contribution in [0.5, 0.6) is 0 Å². The summed E-state index contributed by atoms with van der Waals surface area (Å²) in [4.78, 5) is 30.3. The first kappa shape index (κ1) is 13.7. The topological polar surface area (TPSA) is 84.1 Å². The molecule has 6 nitrogen and oxygen atoms in total. The van der Waals surface area contributed by atoms with Crippen LogP contribution < -0.4 is 10.9 Å². The van der Waals surface area contributed by atoms with Crippen molar-refractivity contribution in [3.8, 4) is 0 Å². The molecule has 0 aromatic carbocycles. The molecule has 1 fully saturated rings. The molecule has 0 bridgehead atoms. The monoisotopic (exact) mass is 265 g/mol. The summed E-state index contributed by atoms with van der Waals surface area (Å²) in [7, 11) is 0. The van der Waals surface area contributed by atoms with Gasteiger partial charge in [-0.1, -0.05) is 0 Å². The predicted molar refractivity (Wildman–Crippen MR) is 70.0 cm³/mol. The fourth-order valence-corrected chi connectivity index (χ4v) is 2.22. The summed E-state index contributed by atoms with van der Waals surface area (Å²) >= 11 is 0. The minimum absolute atomic E-state index is 0.0567. The van der Waals surface area contributed by atoms with E-state index in [0.717, 1.165) is 19.4 Å². The third kappa shape index (κ3) is 3.64. The fraction of sp³-hybridized carbons (Fsp3) is 0.615. The van der Waals surface area contributed by atoms with E-state index < -0.39 is 0 Å². The third-order valence-corrected chi connectivity index (χ3v) is 3.23. The SMILES string of the molecule is Cc1nc(C)c(CC(=O)NC[C@H]2CCCO2)c(=O)[nH]1. The fourth-order valence-electron chi connectivity index (χ4n) is 2.22. The normalized spacial score (nSPS) is 18.5. The van der Waals surface area contributed by atoms with Crippen LogP contribution >= 0.6 is 0 Å². The van der Waals surface area contributed by atoms with Gasteiger partial charge in [-0.2, -0.15) is 0 Å². The third-order valence-electron chi connectivity index (χ3n) is 3.23. The minimum atomic E-state index is -0.239. The zero-order valence-corrected chi connectivity index (χ0v) is 11.3. The molecule has 1 saturated heterocycles. The second kappa shape index (κ2) is 5.97. The number of aryl methyl sites for hydroxylation is 2. The van der Waals surface area contributed by atoms with Crippen molar-refractivity contribution in [2.24, 2.45) is 0 Å². The van der Waals surface area contributed by atoms with Gasteiger partial charge in [0.15, 0.2) is 0 Å². The number of aromatic nitrogens is 2. The molecule has 19 heavy (non-hydrogen) atoms. The summed E-state index contributed by atoms with van der Waals surface area (Å²) in [5.41, 5.74) is 0.793. The Morgan fingerprint density at radius 2 is 2.32 bits per heavy atom. The summed E-state index contributed by atoms with van der Waals surface area (Å²) in [5.74, 6) is 0.390. The lowest BCUT2D eigenvalue weighted by atomic mass is 10.1. The number of carbonyl (C=O) groups excluding carboxylic acids is 1. The van der Waals surface area contributed by atoms with Gasteiger partial charge in [-0.25, -0.2) is 4.98 Å². The van der Waals surface area contributed by atoms with Gasteiger partial charge in [-0.3, -0.25) is 9.59 Å². The van der Waals surface area contributed by atoms with Crippen molar-refractivity contribution >= 4 is 5.91 Å². The van der Waals surface area contributed by atoms with Gasteiger partial charge >= 0.3 is 0 Å². The Kier molecular flexibility index (Phi) is 4.31. The first-order valence-corrected chi connectivity index (χ1v) is 6.51. The van der Waals surface area contributed by atoms with Gasteiger partial charge in [0.25, 0.3) is 5.56 Å². The number of nitrogens with one attached hydrogen (secondary N) is 2. The predicted octanol–water partition coefficient (Wildman–Crippen LogP) is 0.224. The quantitative estimate of drug-likeness (QED) is 0.816. The molecule has 2 rings (SSSR count). The van der Waals surface area contributed by atoms with Crippen molar-refractivity contribution in [2.75, 3.05) is 13.2 Å². The van der Waals surface area contributed by atoms with Crippen molar-refractivity contribution in [1.82, 2.24) is 15.3 Å². The molecule has 1 aromatic rings. The lowest BCUT2D eigenvalue weighted by Crippen LogP contribution is -2.34. The number of hydrogen-bond acceptors (Lipinski definition) is 4. The molecule has 0 unspecified atom stereocenters. The molecule has 1 aliphatic heterocycles. The number of aromatic amines is 1. The summed E-state index contributed by atoms with van der Waals surface area (Å²) < 4.78 is 5.42. The Morgan fingerprint density at radius 3 is 2.95 bits per heavy atom. The van der Waals surface area contributed by atoms with Crippen LogP contribution in [0, 0.1) is 13.8 Å². The van der Waals surface area contributed by atoms with E-state index in [2.05, 4.69) is 15.3 Å². The molecule has 104 valence electrons. The number of hydrogen-bond donors (Lipinski definition) is 2. The van der Waals surface area contributed by atoms with Gasteiger partial charge in [0.05, 0.1) is 12.5 Å². The van der Waals surface area contributed by atoms with Crippen LogP contribution in [-0.2, 0) is 16.0 Å². The molecule has 2 heterocycles. The highest BCUT2D eigenvalue weighted by Gasteiger charge is 2.17. The molecule has 0 radical (unpaired) electrons. The Morgan fingerprint density at radius 1 is 1.53 bits per heavy atom. The summed E-state index contributed by atoms with van der Waals surface area (Å²) in [6.07, 6.45) is 2.19. The molecule has 1 atom stereocenters. The van der Waals surface area contributed by atoms with Gasteiger partial charge < -0.3 is 15.0 Å². The molecule has 2 N–H and O–H groups in total. The second-order valence-electron chi connectivity index (χ2n) is 4.83. The highest BCUT2D eigenvalue weighted by Crippen LogP contribution is 2.10. The van der Waals surface area contributed by atoms with E-state index in [4.69, 9.17) is 4.74 Å². The number of amides is 1. The molecule has 6 heteroatoms. The number of nitrogens with zero attached hydrogens (tertiary/aromatic N) is 1. The van der Waals surface area contributed by atoms with Crippen LogP contribution in [0.3, 0.4) is 0 Å². The van der Waals surface area contributed by atoms with Gasteiger partial charge in [0, 0.05) is 24.4 Å². The van der Waals surface area contributed by atoms with Crippen molar-refractivity contribution in [3.05, 3.63) is 27.4 Å². The Labute approximate surface area is 111 Å². The molecule has 0 aliphatic carbocycles. The number of carbonyl (C=O) groups is 1. The first-order chi connectivity index (χ1) is 9.06. The van der Waals surface area contributed by atoms with Crippen LogP contribution in [0.15, 0.2) is 4.79 Å². The molecule has 0 spiro atoms. The molecule has 1 aromatic heterocycles. The summed E-state index contributed by atoms with van der Waals surface area (Å²) in [6.45, 7) is 4.73. The maximum Gasteiger partial charge on any atom is 0.254 e. The van der Waals surface area contributed by atoms with Crippen LogP contribution in [0.4, 0.5) is 0 Å². The largest absolute Gasteiger partial charge is 0.376 e. The highest BCUT2D eigenvalue weighted by atomic mass is 16.5. The van der Waals surface area contributed by atoms with E-state index in [0.29, 0.717) is 23.6 Å². The van der Waals surface area contributed by atoms with Crippen molar-refractivity contribution in [3.63, 3.8) is 0 Å². The van der Waals surface area contributed by atoms with Gasteiger partial charge in [-0.05, 0) is 26.7 Å². The number of rotatable bonds is 4. The Bertz CT molecular complexity index is 518. The van der Waals surface area contributed by atoms with Crippen LogP contribution in [0.25, 0.3) is 0 Å². The van der Waals surface area contributed by atoms with E-state index in [1.807, 2.05) is 0 Å². The van der Waals surface area contributed by atoms with Crippen molar-refractivity contribution in [1.29, 1.82) is 0 Å². The van der Waals surface area contributed by atoms with E-state index in [1.54, 1.807) is 13.8 Å². The maximum absolute atomic E-state index is 11.8. The van der Waals surface area contributed by atoms with Crippen LogP contribution in [0.2, 0.25) is 0 Å². The maximum atomic E-state index is 11.8. The zero-order chi connectivity index (χ0) is 13.8. The molecule has 1 aliphatic rings. The molecule has 0 saturated carbocycles. The van der Waals surface area contributed by atoms with Crippen LogP contribution in [-0.4, -0.2) is 35.1 Å². The Hall–Kier alpha value is -1.69. The molecule has 1 amide bonds. The second-order valence-corrected chi connectivity index (χ2v) is 4.83. The lowest BCUT2D eigenvalue weighted by Gasteiger charge is -2.11. The van der Waals surface area contributed by atoms with E-state index in [-0.39, 0.29) is 24.0 Å². The van der Waals surface area contributed by atoms with Crippen LogP contribution in [0.1, 0.15) is 29.9 Å². The summed E-state index contributed by atoms with van der Waals surface area (Å²) in [5, 5.41) is 2.80. The molecular formula is C13H19N3O3. The average molecular weight is 265 g/mol. The Balaban J connectivity index is 1.93. The van der Waals surface area contributed by atoms with E-state index >= 15 is 0 Å². The highest BCUT2D eigenvalue weighted by molar-refractivity contribution is 5.78. The zero-order valence-electron chi connectivity index (χ0n) is 11.3. The standard InChI is InChI=1S/C13H19N3O3/c1-8-11(13(18)16-9(2)15-8)6-12(17)14-7-10-4-3-5-19-10/h10H,3-7H2,1-2H3,(H,14,17)(H,15,16,18)/t10-/m1/s1. The molecular weight excluding hydrogens is 246 g/mol. The van der Waals surface area contributed by atoms with Gasteiger partial charge in [0.2, 0.25) is 5.91 Å².